The van der Waals surface area contributed by atoms with Gasteiger partial charge in [0.2, 0.25) is 0 Å². The summed E-state index contributed by atoms with van der Waals surface area (Å²) < 4.78 is 60.6. The number of hydrogen-bond donors (Lipinski definition) is 1. The molecule has 42 heavy (non-hydrogen) atoms. The van der Waals surface area contributed by atoms with Gasteiger partial charge in [-0.1, -0.05) is 56.3 Å². The molecule has 0 aliphatic carbocycles. The second-order valence-electron chi connectivity index (χ2n) is 11.0. The standard InChI is InChI=1S/C31H32F3N4O3P/c1-19(2)29-20(3)38(26-15-14-22(42(4,5)40)16-28(26)41-31(32,33)34)36-30(29)23-12-9-13-25-24(23)17-37(35-25)18-27(39)21-10-7-6-8-11-21/h6-17,19,27,39H,18H2,1-5H3/t27-/m0/s1. The van der Waals surface area contributed by atoms with Gasteiger partial charge in [0.15, 0.2) is 5.75 Å². The zero-order valence-electron chi connectivity index (χ0n) is 23.9. The Labute approximate surface area is 241 Å². The quantitative estimate of drug-likeness (QED) is 0.192. The predicted molar refractivity (Wildman–Crippen MR) is 158 cm³/mol. The van der Waals surface area contributed by atoms with Crippen LogP contribution in [0.4, 0.5) is 13.2 Å². The fourth-order valence-corrected chi connectivity index (χ4v) is 6.07. The van der Waals surface area contributed by atoms with Crippen molar-refractivity contribution in [1.82, 2.24) is 19.6 Å². The first kappa shape index (κ1) is 29.6. The van der Waals surface area contributed by atoms with E-state index in [1.54, 1.807) is 17.7 Å². The van der Waals surface area contributed by atoms with Crippen molar-refractivity contribution in [1.29, 1.82) is 0 Å². The van der Waals surface area contributed by atoms with Crippen LogP contribution in [0, 0.1) is 6.92 Å². The zero-order valence-corrected chi connectivity index (χ0v) is 24.8. The molecule has 0 radical (unpaired) electrons. The minimum atomic E-state index is -4.95. The van der Waals surface area contributed by atoms with E-state index >= 15 is 0 Å². The van der Waals surface area contributed by atoms with Gasteiger partial charge >= 0.3 is 6.36 Å². The molecule has 0 aliphatic rings. The molecular weight excluding hydrogens is 564 g/mol. The normalized spacial score (nSPS) is 13.2. The van der Waals surface area contributed by atoms with Gasteiger partial charge in [0, 0.05) is 33.7 Å². The largest absolute Gasteiger partial charge is 0.573 e. The summed E-state index contributed by atoms with van der Waals surface area (Å²) in [5, 5.41) is 21.3. The van der Waals surface area contributed by atoms with Crippen LogP contribution in [-0.4, -0.2) is 44.4 Å². The summed E-state index contributed by atoms with van der Waals surface area (Å²) in [4.78, 5) is 0. The highest BCUT2D eigenvalue weighted by Crippen LogP contribution is 2.41. The molecule has 11 heteroatoms. The maximum Gasteiger partial charge on any atom is 0.573 e. The second-order valence-corrected chi connectivity index (χ2v) is 14.2. The van der Waals surface area contributed by atoms with Crippen LogP contribution in [0.3, 0.4) is 0 Å². The Kier molecular flexibility index (Phi) is 7.81. The summed E-state index contributed by atoms with van der Waals surface area (Å²) in [6, 6.07) is 19.2. The molecule has 0 amide bonds. The third-order valence-corrected chi connectivity index (χ3v) is 8.68. The molecule has 7 nitrogen and oxygen atoms in total. The van der Waals surface area contributed by atoms with Crippen LogP contribution in [0.5, 0.6) is 5.75 Å². The summed E-state index contributed by atoms with van der Waals surface area (Å²) in [6.07, 6.45) is -3.86. The molecule has 5 aromatic rings. The number of aliphatic hydroxyl groups excluding tert-OH is 1. The average molecular weight is 597 g/mol. The lowest BCUT2D eigenvalue weighted by Gasteiger charge is -2.17. The maximum atomic E-state index is 13.5. The molecule has 5 rings (SSSR count). The van der Waals surface area contributed by atoms with Gasteiger partial charge < -0.3 is 14.4 Å². The third-order valence-electron chi connectivity index (χ3n) is 7.16. The monoisotopic (exact) mass is 596 g/mol. The van der Waals surface area contributed by atoms with Crippen molar-refractivity contribution in [3.8, 4) is 22.7 Å². The van der Waals surface area contributed by atoms with Gasteiger partial charge in [-0.05, 0) is 56.0 Å². The smallest absolute Gasteiger partial charge is 0.403 e. The SMILES string of the molecule is Cc1c(C(C)C)c(-c2cccc3nn(C[C@H](O)c4ccccc4)cc23)nn1-c1ccc(P(C)(C)=O)cc1OC(F)(F)F. The molecule has 0 fully saturated rings. The van der Waals surface area contributed by atoms with E-state index in [1.807, 2.05) is 68.6 Å². The number of nitrogens with zero attached hydrogens (tertiary/aromatic N) is 4. The average Bonchev–Trinajstić information content (AvgIpc) is 3.48. The summed E-state index contributed by atoms with van der Waals surface area (Å²) >= 11 is 0. The summed E-state index contributed by atoms with van der Waals surface area (Å²) in [6.45, 7) is 9.03. The predicted octanol–water partition coefficient (Wildman–Crippen LogP) is 7.20. The summed E-state index contributed by atoms with van der Waals surface area (Å²) in [7, 11) is -2.86. The minimum absolute atomic E-state index is 0.0169. The number of halogens is 3. The van der Waals surface area contributed by atoms with Crippen LogP contribution in [-0.2, 0) is 11.1 Å². The molecule has 0 saturated carbocycles. The van der Waals surface area contributed by atoms with Gasteiger partial charge in [0.1, 0.15) is 12.8 Å². The van der Waals surface area contributed by atoms with Crippen LogP contribution in [0.15, 0.2) is 72.9 Å². The fraction of sp³-hybridized carbons (Fsp3) is 0.290. The van der Waals surface area contributed by atoms with Crippen molar-refractivity contribution in [2.75, 3.05) is 13.3 Å². The first-order valence-corrected chi connectivity index (χ1v) is 16.1. The van der Waals surface area contributed by atoms with Gasteiger partial charge in [-0.25, -0.2) is 4.68 Å². The number of ether oxygens (including phenoxy) is 1. The Morgan fingerprint density at radius 3 is 2.36 bits per heavy atom. The summed E-state index contributed by atoms with van der Waals surface area (Å²) in [5.74, 6) is -0.492. The van der Waals surface area contributed by atoms with Crippen molar-refractivity contribution < 1.29 is 27.6 Å². The third kappa shape index (κ3) is 6.01. The van der Waals surface area contributed by atoms with Gasteiger partial charge in [-0.3, -0.25) is 4.68 Å². The van der Waals surface area contributed by atoms with E-state index in [1.165, 1.54) is 30.1 Å². The number of aromatic nitrogens is 4. The Morgan fingerprint density at radius 1 is 1.00 bits per heavy atom. The highest BCUT2D eigenvalue weighted by molar-refractivity contribution is 7.70. The second kappa shape index (κ2) is 11.1. The molecule has 2 heterocycles. The topological polar surface area (TPSA) is 82.2 Å². The number of hydrogen-bond acceptors (Lipinski definition) is 5. The molecule has 3 aromatic carbocycles. The van der Waals surface area contributed by atoms with Gasteiger partial charge in [0.05, 0.1) is 23.9 Å². The molecule has 1 N–H and O–H groups in total. The highest BCUT2D eigenvalue weighted by Gasteiger charge is 2.34. The number of fused-ring (bicyclic) bond motifs is 1. The highest BCUT2D eigenvalue weighted by atomic mass is 31.2. The fourth-order valence-electron chi connectivity index (χ4n) is 5.21. The van der Waals surface area contributed by atoms with E-state index in [2.05, 4.69) is 9.84 Å². The number of rotatable bonds is 8. The van der Waals surface area contributed by atoms with E-state index in [9.17, 15) is 22.8 Å². The maximum absolute atomic E-state index is 13.5. The van der Waals surface area contributed by atoms with Gasteiger partial charge in [-0.15, -0.1) is 13.2 Å². The van der Waals surface area contributed by atoms with E-state index in [0.717, 1.165) is 22.1 Å². The van der Waals surface area contributed by atoms with Gasteiger partial charge in [-0.2, -0.15) is 10.2 Å². The first-order chi connectivity index (χ1) is 19.7. The molecule has 0 unspecified atom stereocenters. The lowest BCUT2D eigenvalue weighted by Crippen LogP contribution is -2.20. The molecule has 0 spiro atoms. The van der Waals surface area contributed by atoms with Crippen molar-refractivity contribution in [3.05, 3.63) is 89.7 Å². The minimum Gasteiger partial charge on any atom is -0.403 e. The molecule has 0 saturated heterocycles. The van der Waals surface area contributed by atoms with Crippen LogP contribution >= 0.6 is 7.14 Å². The number of benzene rings is 3. The van der Waals surface area contributed by atoms with Crippen molar-refractivity contribution >= 4 is 23.3 Å². The van der Waals surface area contributed by atoms with Crippen molar-refractivity contribution in [3.63, 3.8) is 0 Å². The molecule has 220 valence electrons. The van der Waals surface area contributed by atoms with Crippen molar-refractivity contribution in [2.45, 2.75) is 45.7 Å². The Morgan fingerprint density at radius 2 is 1.71 bits per heavy atom. The molecule has 2 aromatic heterocycles. The van der Waals surface area contributed by atoms with E-state index in [4.69, 9.17) is 5.10 Å². The molecular formula is C31H32F3N4O3P. The lowest BCUT2D eigenvalue weighted by atomic mass is 9.95. The lowest BCUT2D eigenvalue weighted by molar-refractivity contribution is -0.274. The first-order valence-electron chi connectivity index (χ1n) is 13.5. The van der Waals surface area contributed by atoms with Crippen LogP contribution in [0.2, 0.25) is 0 Å². The van der Waals surface area contributed by atoms with E-state index in [0.29, 0.717) is 16.9 Å². The van der Waals surface area contributed by atoms with E-state index < -0.39 is 25.4 Å². The molecule has 0 aliphatic heterocycles. The molecule has 0 bridgehead atoms. The summed E-state index contributed by atoms with van der Waals surface area (Å²) in [5.41, 5.74) is 4.44. The van der Waals surface area contributed by atoms with Crippen molar-refractivity contribution in [2.24, 2.45) is 0 Å². The van der Waals surface area contributed by atoms with Crippen LogP contribution in [0.1, 0.15) is 42.7 Å². The van der Waals surface area contributed by atoms with E-state index in [-0.39, 0.29) is 23.5 Å². The Balaban J connectivity index is 1.63. The van der Waals surface area contributed by atoms with Crippen LogP contribution < -0.4 is 10.0 Å². The Bertz CT molecular complexity index is 1790. The zero-order chi connectivity index (χ0) is 30.4. The van der Waals surface area contributed by atoms with Gasteiger partial charge in [0.25, 0.3) is 0 Å². The number of alkyl halides is 3. The van der Waals surface area contributed by atoms with Crippen LogP contribution in [0.25, 0.3) is 27.8 Å². The Hall–Kier alpha value is -3.88. The number of aliphatic hydroxyl groups is 1. The molecule has 1 atom stereocenters.